The van der Waals surface area contributed by atoms with Gasteiger partial charge in [0, 0.05) is 39.4 Å². The molecule has 0 aromatic heterocycles. The molecule has 32 heavy (non-hydrogen) atoms. The molecule has 0 radical (unpaired) electrons. The Labute approximate surface area is 194 Å². The van der Waals surface area contributed by atoms with E-state index in [1.54, 1.807) is 18.2 Å². The Hall–Kier alpha value is -1.86. The predicted octanol–water partition coefficient (Wildman–Crippen LogP) is 3.56. The van der Waals surface area contributed by atoms with E-state index >= 15 is 0 Å². The van der Waals surface area contributed by atoms with Crippen molar-refractivity contribution in [1.82, 2.24) is 9.80 Å². The zero-order valence-electron chi connectivity index (χ0n) is 20.0. The summed E-state index contributed by atoms with van der Waals surface area (Å²) in [6.45, 7) is 14.0. The minimum atomic E-state index is -3.95. The van der Waals surface area contributed by atoms with Crippen LogP contribution in [0, 0.1) is 11.3 Å². The summed E-state index contributed by atoms with van der Waals surface area (Å²) in [5, 5.41) is 19.3. The Morgan fingerprint density at radius 1 is 1.12 bits per heavy atom. The number of sulfone groups is 1. The third kappa shape index (κ3) is 6.13. The van der Waals surface area contributed by atoms with Crippen LogP contribution < -0.4 is 0 Å². The molecule has 0 spiro atoms. The van der Waals surface area contributed by atoms with Gasteiger partial charge in [0.2, 0.25) is 9.84 Å². The van der Waals surface area contributed by atoms with E-state index in [9.17, 15) is 18.8 Å². The van der Waals surface area contributed by atoms with Gasteiger partial charge < -0.3 is 19.3 Å². The normalized spacial score (nSPS) is 16.9. The molecule has 1 fully saturated rings. The Kier molecular flexibility index (Phi) is 8.94. The third-order valence-electron chi connectivity index (χ3n) is 6.29. The average Bonchev–Trinajstić information content (AvgIpc) is 3.12. The quantitative estimate of drug-likeness (QED) is 0.311. The summed E-state index contributed by atoms with van der Waals surface area (Å²) in [5.41, 5.74) is 0. The van der Waals surface area contributed by atoms with Crippen LogP contribution in [-0.2, 0) is 14.3 Å². The second-order valence-electron chi connectivity index (χ2n) is 9.59. The second kappa shape index (κ2) is 10.8. The van der Waals surface area contributed by atoms with Crippen LogP contribution in [0.15, 0.2) is 46.0 Å². The largest absolute Gasteiger partial charge is 0.417 e. The summed E-state index contributed by atoms with van der Waals surface area (Å²) in [7, 11) is -5.80. The monoisotopic (exact) mass is 479 g/mol. The first kappa shape index (κ1) is 26.4. The van der Waals surface area contributed by atoms with Crippen LogP contribution in [0.2, 0.25) is 18.1 Å². The number of nitriles is 1. The molecule has 1 aliphatic rings. The first-order chi connectivity index (χ1) is 15.0. The van der Waals surface area contributed by atoms with Crippen LogP contribution in [-0.4, -0.2) is 71.0 Å². The highest BCUT2D eigenvalue weighted by Gasteiger charge is 2.37. The molecule has 0 unspecified atom stereocenters. The molecule has 0 atom stereocenters. The molecule has 0 bridgehead atoms. The molecule has 0 saturated carbocycles. The number of benzene rings is 1. The highest BCUT2D eigenvalue weighted by atomic mass is 32.2. The number of aliphatic hydroxyl groups is 1. The lowest BCUT2D eigenvalue weighted by Crippen LogP contribution is -2.41. The van der Waals surface area contributed by atoms with E-state index in [1.807, 2.05) is 15.9 Å². The fourth-order valence-electron chi connectivity index (χ4n) is 3.38. The van der Waals surface area contributed by atoms with Gasteiger partial charge in [0.1, 0.15) is 11.9 Å². The molecule has 1 aliphatic heterocycles. The molecular weight excluding hydrogens is 442 g/mol. The van der Waals surface area contributed by atoms with Gasteiger partial charge in [0.15, 0.2) is 13.2 Å². The molecule has 7 nitrogen and oxygen atoms in total. The fraction of sp³-hybridized carbons (Fsp3) is 0.609. The number of hydrogen-bond acceptors (Lipinski definition) is 7. The van der Waals surface area contributed by atoms with Gasteiger partial charge in [-0.3, -0.25) is 0 Å². The minimum absolute atomic E-state index is 0.0114. The van der Waals surface area contributed by atoms with Crippen molar-refractivity contribution < 1.29 is 18.0 Å². The van der Waals surface area contributed by atoms with Gasteiger partial charge in [0.25, 0.3) is 0 Å². The van der Waals surface area contributed by atoms with Gasteiger partial charge in [0.05, 0.1) is 4.90 Å². The Bertz CT molecular complexity index is 934. The van der Waals surface area contributed by atoms with Crippen molar-refractivity contribution in [3.63, 3.8) is 0 Å². The molecule has 1 heterocycles. The van der Waals surface area contributed by atoms with Crippen LogP contribution in [0.4, 0.5) is 0 Å². The topological polar surface area (TPSA) is 93.9 Å². The highest BCUT2D eigenvalue weighted by Crippen LogP contribution is 2.36. The first-order valence-electron chi connectivity index (χ1n) is 11.1. The van der Waals surface area contributed by atoms with Gasteiger partial charge in [-0.15, -0.1) is 0 Å². The molecule has 1 aromatic carbocycles. The van der Waals surface area contributed by atoms with Crippen molar-refractivity contribution in [3.05, 3.63) is 41.1 Å². The van der Waals surface area contributed by atoms with Gasteiger partial charge in [-0.2, -0.15) is 5.26 Å². The van der Waals surface area contributed by atoms with E-state index in [0.717, 1.165) is 6.42 Å². The lowest BCUT2D eigenvalue weighted by atomic mass is 10.2. The van der Waals surface area contributed by atoms with Gasteiger partial charge >= 0.3 is 0 Å². The predicted molar refractivity (Wildman–Crippen MR) is 129 cm³/mol. The van der Waals surface area contributed by atoms with Gasteiger partial charge in [-0.25, -0.2) is 8.42 Å². The zero-order valence-corrected chi connectivity index (χ0v) is 21.8. The first-order valence-corrected chi connectivity index (χ1v) is 15.5. The molecule has 0 amide bonds. The van der Waals surface area contributed by atoms with Crippen molar-refractivity contribution in [3.8, 4) is 6.07 Å². The van der Waals surface area contributed by atoms with E-state index in [1.165, 1.54) is 12.1 Å². The molecule has 0 aliphatic carbocycles. The van der Waals surface area contributed by atoms with E-state index in [-0.39, 0.29) is 21.4 Å². The molecule has 2 rings (SSSR count). The van der Waals surface area contributed by atoms with E-state index < -0.39 is 18.2 Å². The van der Waals surface area contributed by atoms with Crippen molar-refractivity contribution in [1.29, 1.82) is 5.26 Å². The van der Waals surface area contributed by atoms with Crippen LogP contribution in [0.5, 0.6) is 0 Å². The van der Waals surface area contributed by atoms with Crippen molar-refractivity contribution in [2.45, 2.75) is 56.6 Å². The van der Waals surface area contributed by atoms with Gasteiger partial charge in [-0.1, -0.05) is 39.0 Å². The summed E-state index contributed by atoms with van der Waals surface area (Å²) < 4.78 is 32.8. The Balaban J connectivity index is 2.28. The summed E-state index contributed by atoms with van der Waals surface area (Å²) in [5.74, 6) is 0.442. The smallest absolute Gasteiger partial charge is 0.220 e. The maximum atomic E-state index is 13.3. The standard InChI is InChI=1S/C23H37N3O4SSi/c1-23(2,3)32(4,5)30-18-10-14-26-16-15-25(13-9-17-27)22(26)21(19-24)31(28,29)20-11-7-6-8-12-20/h6-8,11-12,27H,9-10,13-18H2,1-5H3. The summed E-state index contributed by atoms with van der Waals surface area (Å²) in [6.07, 6.45) is 1.25. The third-order valence-corrected chi connectivity index (χ3v) is 12.5. The number of hydrogen-bond donors (Lipinski definition) is 1. The minimum Gasteiger partial charge on any atom is -0.417 e. The highest BCUT2D eigenvalue weighted by molar-refractivity contribution is 7.95. The lowest BCUT2D eigenvalue weighted by molar-refractivity contribution is 0.243. The van der Waals surface area contributed by atoms with E-state index in [4.69, 9.17) is 4.43 Å². The van der Waals surface area contributed by atoms with Gasteiger partial charge in [-0.05, 0) is 43.1 Å². The zero-order chi connectivity index (χ0) is 24.0. The average molecular weight is 480 g/mol. The second-order valence-corrected chi connectivity index (χ2v) is 16.3. The maximum absolute atomic E-state index is 13.3. The lowest BCUT2D eigenvalue weighted by Gasteiger charge is -2.36. The summed E-state index contributed by atoms with van der Waals surface area (Å²) in [4.78, 5) is 3.76. The van der Waals surface area contributed by atoms with Crippen LogP contribution in [0.1, 0.15) is 33.6 Å². The van der Waals surface area contributed by atoms with Crippen LogP contribution in [0.25, 0.3) is 0 Å². The fourth-order valence-corrected chi connectivity index (χ4v) is 5.84. The summed E-state index contributed by atoms with van der Waals surface area (Å²) in [6, 6.07) is 10.1. The maximum Gasteiger partial charge on any atom is 0.220 e. The van der Waals surface area contributed by atoms with E-state index in [2.05, 4.69) is 33.9 Å². The molecular formula is C23H37N3O4SSi. The number of nitrogens with zero attached hydrogens (tertiary/aromatic N) is 3. The molecule has 9 heteroatoms. The molecule has 1 aromatic rings. The number of rotatable bonds is 10. The van der Waals surface area contributed by atoms with Crippen LogP contribution >= 0.6 is 0 Å². The summed E-state index contributed by atoms with van der Waals surface area (Å²) >= 11 is 0. The van der Waals surface area contributed by atoms with Crippen molar-refractivity contribution in [2.24, 2.45) is 0 Å². The molecule has 178 valence electrons. The number of allylic oxidation sites excluding steroid dienone is 1. The Morgan fingerprint density at radius 2 is 1.69 bits per heavy atom. The van der Waals surface area contributed by atoms with Crippen LogP contribution in [0.3, 0.4) is 0 Å². The van der Waals surface area contributed by atoms with Crippen molar-refractivity contribution >= 4 is 18.2 Å². The van der Waals surface area contributed by atoms with Crippen molar-refractivity contribution in [2.75, 3.05) is 39.4 Å². The number of aliphatic hydroxyl groups excluding tert-OH is 1. The SMILES string of the molecule is CC(C)(C)[Si](C)(C)OCCCN1CCN(CCCO)C1=C(C#N)S(=O)(=O)c1ccccc1. The van der Waals surface area contributed by atoms with E-state index in [0.29, 0.717) is 45.0 Å². The Morgan fingerprint density at radius 3 is 2.19 bits per heavy atom. The molecule has 1 saturated heterocycles. The molecule has 1 N–H and O–H groups in total.